The first-order chi connectivity index (χ1) is 24.4. The number of hydrogen-bond donors (Lipinski definition) is 4. The zero-order chi connectivity index (χ0) is 34.5. The molecule has 0 amide bonds. The Kier molecular flexibility index (Phi) is 10.6. The molecule has 3 aromatic carbocycles. The number of benzene rings is 3. The lowest BCUT2D eigenvalue weighted by Crippen LogP contribution is -2.44. The lowest BCUT2D eigenvalue weighted by Gasteiger charge is -2.29. The van der Waals surface area contributed by atoms with E-state index < -0.39 is 6.10 Å². The largest absolute Gasteiger partial charge is 0.504 e. The van der Waals surface area contributed by atoms with Gasteiger partial charge in [-0.25, -0.2) is 0 Å². The van der Waals surface area contributed by atoms with Gasteiger partial charge in [-0.2, -0.15) is 0 Å². The Morgan fingerprint density at radius 1 is 1.02 bits per heavy atom. The molecule has 8 nitrogen and oxygen atoms in total. The fourth-order valence-corrected chi connectivity index (χ4v) is 7.16. The van der Waals surface area contributed by atoms with Crippen LogP contribution in [-0.2, 0) is 28.9 Å². The quantitative estimate of drug-likeness (QED) is 0.139. The third-order valence-electron chi connectivity index (χ3n) is 9.89. The van der Waals surface area contributed by atoms with Crippen molar-refractivity contribution in [2.24, 2.45) is 5.92 Å². The Labute approximate surface area is 294 Å². The van der Waals surface area contributed by atoms with Crippen molar-refractivity contribution in [2.75, 3.05) is 20.4 Å². The van der Waals surface area contributed by atoms with Crippen LogP contribution in [0.15, 0.2) is 90.3 Å². The molecule has 4 atom stereocenters. The SMILES string of the molecule is COCNC1C=C2C#C[C@H](C)CCC[C@H]3C[C@H](O)CCc4ccc(O)c(c4)OCc4cc(Cc5ccccc5)cc5cn(cc45)C(=C2CO3)N1. The molecule has 0 fully saturated rings. The fourth-order valence-electron chi connectivity index (χ4n) is 7.16. The van der Waals surface area contributed by atoms with Crippen molar-refractivity contribution in [3.05, 3.63) is 113 Å². The van der Waals surface area contributed by atoms with Crippen LogP contribution in [0.5, 0.6) is 11.5 Å². The van der Waals surface area contributed by atoms with Crippen LogP contribution in [0.4, 0.5) is 0 Å². The number of phenolic OH excluding ortho intramolecular Hbond substituents is 1. The first kappa shape index (κ1) is 34.0. The van der Waals surface area contributed by atoms with Gasteiger partial charge in [0.1, 0.15) is 18.6 Å². The number of aromatic nitrogens is 1. The van der Waals surface area contributed by atoms with Crippen molar-refractivity contribution < 1.29 is 24.4 Å². The average Bonchev–Trinajstić information content (AvgIpc) is 3.54. The second-order valence-electron chi connectivity index (χ2n) is 13.8. The van der Waals surface area contributed by atoms with Crippen LogP contribution in [0.25, 0.3) is 16.6 Å². The number of nitrogens with one attached hydrogen (secondary N) is 2. The van der Waals surface area contributed by atoms with E-state index in [0.29, 0.717) is 38.3 Å². The number of ether oxygens (including phenoxy) is 3. The highest BCUT2D eigenvalue weighted by Gasteiger charge is 2.26. The van der Waals surface area contributed by atoms with E-state index >= 15 is 0 Å². The molecule has 6 bridgehead atoms. The van der Waals surface area contributed by atoms with E-state index in [4.69, 9.17) is 14.2 Å². The minimum Gasteiger partial charge on any atom is -0.504 e. The van der Waals surface area contributed by atoms with Crippen molar-refractivity contribution in [2.45, 2.75) is 76.9 Å². The van der Waals surface area contributed by atoms with E-state index in [2.05, 4.69) is 88.8 Å². The number of hydrogen-bond acceptors (Lipinski definition) is 7. The molecule has 260 valence electrons. The van der Waals surface area contributed by atoms with E-state index in [-0.39, 0.29) is 30.5 Å². The monoisotopic (exact) mass is 673 g/mol. The first-order valence-corrected chi connectivity index (χ1v) is 17.8. The highest BCUT2D eigenvalue weighted by Crippen LogP contribution is 2.33. The van der Waals surface area contributed by atoms with Crippen LogP contribution in [0.2, 0.25) is 0 Å². The number of rotatable bonds is 5. The van der Waals surface area contributed by atoms with Gasteiger partial charge in [-0.1, -0.05) is 61.2 Å². The highest BCUT2D eigenvalue weighted by atomic mass is 16.5. The Balaban J connectivity index is 1.38. The van der Waals surface area contributed by atoms with E-state index in [9.17, 15) is 10.2 Å². The second-order valence-corrected chi connectivity index (χ2v) is 13.8. The van der Waals surface area contributed by atoms with Crippen LogP contribution >= 0.6 is 0 Å². The zero-order valence-corrected chi connectivity index (χ0v) is 29.0. The smallest absolute Gasteiger partial charge is 0.161 e. The minimum absolute atomic E-state index is 0.0994. The topological polar surface area (TPSA) is 97.1 Å². The van der Waals surface area contributed by atoms with Crippen molar-refractivity contribution in [1.82, 2.24) is 15.2 Å². The maximum Gasteiger partial charge on any atom is 0.161 e. The summed E-state index contributed by atoms with van der Waals surface area (Å²) in [6.45, 7) is 3.19. The summed E-state index contributed by atoms with van der Waals surface area (Å²) >= 11 is 0. The average molecular weight is 674 g/mol. The van der Waals surface area contributed by atoms with Crippen LogP contribution in [-0.4, -0.2) is 53.6 Å². The lowest BCUT2D eigenvalue weighted by atomic mass is 9.97. The van der Waals surface area contributed by atoms with Gasteiger partial charge in [-0.15, -0.1) is 0 Å². The molecule has 1 unspecified atom stereocenters. The number of aliphatic hydroxyl groups is 1. The van der Waals surface area contributed by atoms with Gasteiger partial charge in [-0.05, 0) is 91.5 Å². The molecule has 1 aromatic heterocycles. The number of phenols is 1. The van der Waals surface area contributed by atoms with Gasteiger partial charge in [0.15, 0.2) is 11.5 Å². The summed E-state index contributed by atoms with van der Waals surface area (Å²) in [5.74, 6) is 8.69. The number of fused-ring (bicyclic) bond motifs is 6. The number of aryl methyl sites for hydroxylation is 1. The molecule has 3 aliphatic rings. The van der Waals surface area contributed by atoms with Gasteiger partial charge < -0.3 is 34.3 Å². The lowest BCUT2D eigenvalue weighted by molar-refractivity contribution is 0.0167. The molecule has 8 heteroatoms. The molecule has 4 heterocycles. The van der Waals surface area contributed by atoms with E-state index in [0.717, 1.165) is 64.5 Å². The fraction of sp³-hybridized carbons (Fsp3) is 0.381. The standard InChI is InChI=1S/C42H47N3O5/c1-28-7-6-10-36-22-35(46)15-12-30-13-16-39(47)40(20-30)50-25-34-19-31(17-29-8-4-3-5-9-29)18-33-23-45(24-37(33)34)42-38(26-49-36)32(14-11-28)21-41(44-42)43-27-48-2/h3-5,8-9,13,16,18-21,23-24,28,35-36,41,43-44,46-47H,6-7,10,12,15,17,22,25-27H2,1-2H3/t28-,35-,36+,41?/m1/s1. The Bertz CT molecular complexity index is 1940. The number of nitrogens with zero attached hydrogens (tertiary/aromatic N) is 1. The minimum atomic E-state index is -0.529. The molecule has 0 saturated carbocycles. The van der Waals surface area contributed by atoms with Crippen LogP contribution < -0.4 is 15.4 Å². The molecular weight excluding hydrogens is 626 g/mol. The summed E-state index contributed by atoms with van der Waals surface area (Å²) < 4.78 is 20.6. The summed E-state index contributed by atoms with van der Waals surface area (Å²) in [7, 11) is 1.67. The van der Waals surface area contributed by atoms with Gasteiger partial charge in [-0.3, -0.25) is 5.32 Å². The van der Waals surface area contributed by atoms with Crippen molar-refractivity contribution in [1.29, 1.82) is 0 Å². The normalized spacial score (nSPS) is 22.7. The Morgan fingerprint density at radius 2 is 1.90 bits per heavy atom. The van der Waals surface area contributed by atoms with Crippen LogP contribution in [0.3, 0.4) is 0 Å². The van der Waals surface area contributed by atoms with Crippen molar-refractivity contribution in [3.63, 3.8) is 0 Å². The third-order valence-corrected chi connectivity index (χ3v) is 9.89. The molecule has 3 aliphatic heterocycles. The highest BCUT2D eigenvalue weighted by molar-refractivity contribution is 5.88. The van der Waals surface area contributed by atoms with Crippen molar-refractivity contribution >= 4 is 16.6 Å². The third kappa shape index (κ3) is 8.09. The zero-order valence-electron chi connectivity index (χ0n) is 29.0. The summed E-state index contributed by atoms with van der Waals surface area (Å²) in [5.41, 5.74) is 6.34. The summed E-state index contributed by atoms with van der Waals surface area (Å²) in [6, 6.07) is 20.4. The Hall–Kier alpha value is -4.52. The van der Waals surface area contributed by atoms with Crippen molar-refractivity contribution in [3.8, 4) is 23.3 Å². The van der Waals surface area contributed by atoms with Gasteiger partial charge in [0.25, 0.3) is 0 Å². The number of methoxy groups -OCH3 is 1. The van der Waals surface area contributed by atoms with Gasteiger partial charge in [0.2, 0.25) is 0 Å². The van der Waals surface area contributed by atoms with Crippen LogP contribution in [0, 0.1) is 17.8 Å². The maximum atomic E-state index is 11.2. The summed E-state index contributed by atoms with van der Waals surface area (Å²) in [6.07, 6.45) is 11.0. The molecule has 4 N–H and O–H groups in total. The molecule has 0 aliphatic carbocycles. The molecular formula is C42H47N3O5. The van der Waals surface area contributed by atoms with E-state index in [1.165, 1.54) is 11.1 Å². The number of dihydropyridines is 1. The molecule has 0 radical (unpaired) electrons. The summed E-state index contributed by atoms with van der Waals surface area (Å²) in [5, 5.41) is 31.3. The van der Waals surface area contributed by atoms with Crippen LogP contribution in [0.1, 0.15) is 61.3 Å². The number of aromatic hydroxyl groups is 1. The molecule has 50 heavy (non-hydrogen) atoms. The Morgan fingerprint density at radius 3 is 2.76 bits per heavy atom. The van der Waals surface area contributed by atoms with Gasteiger partial charge in [0, 0.05) is 47.3 Å². The number of aliphatic hydroxyl groups excluding tert-OH is 1. The molecule has 7 rings (SSSR count). The molecule has 0 spiro atoms. The molecule has 4 aromatic rings. The van der Waals surface area contributed by atoms with E-state index in [1.807, 2.05) is 18.2 Å². The van der Waals surface area contributed by atoms with E-state index in [1.54, 1.807) is 13.2 Å². The molecule has 0 saturated heterocycles. The predicted octanol–water partition coefficient (Wildman–Crippen LogP) is 6.64. The second kappa shape index (κ2) is 15.6. The van der Waals surface area contributed by atoms with Gasteiger partial charge in [0.05, 0.1) is 25.5 Å². The summed E-state index contributed by atoms with van der Waals surface area (Å²) in [4.78, 5) is 0. The van der Waals surface area contributed by atoms with Gasteiger partial charge >= 0.3 is 0 Å². The first-order valence-electron chi connectivity index (χ1n) is 17.8. The maximum absolute atomic E-state index is 11.2. The predicted molar refractivity (Wildman–Crippen MR) is 196 cm³/mol.